The maximum Gasteiger partial charge on any atom is 0.317 e. The van der Waals surface area contributed by atoms with Gasteiger partial charge in [-0.25, -0.2) is 4.98 Å². The number of aliphatic carboxylic acids is 1. The van der Waals surface area contributed by atoms with Gasteiger partial charge in [-0.1, -0.05) is 0 Å². The molecule has 26 heavy (non-hydrogen) atoms. The van der Waals surface area contributed by atoms with Crippen LogP contribution in [0.5, 0.6) is 0 Å². The number of carbonyl (C=O) groups is 1. The molecule has 1 aliphatic heterocycles. The number of hydrogen-bond donors (Lipinski definition) is 3. The van der Waals surface area contributed by atoms with Gasteiger partial charge >= 0.3 is 5.97 Å². The number of aryl methyl sites for hydroxylation is 1. The topological polar surface area (TPSA) is 110 Å². The van der Waals surface area contributed by atoms with Crippen LogP contribution in [0.2, 0.25) is 0 Å². The van der Waals surface area contributed by atoms with Gasteiger partial charge in [0.1, 0.15) is 10.6 Å². The summed E-state index contributed by atoms with van der Waals surface area (Å²) >= 11 is 1.57. The third-order valence-corrected chi connectivity index (χ3v) is 5.09. The third kappa shape index (κ3) is 3.46. The lowest BCUT2D eigenvalue weighted by atomic mass is 10.3. The maximum absolute atomic E-state index is 10.9. The Bertz CT molecular complexity index is 930. The van der Waals surface area contributed by atoms with Crippen molar-refractivity contribution in [3.63, 3.8) is 0 Å². The first-order valence-electron chi connectivity index (χ1n) is 8.32. The van der Waals surface area contributed by atoms with Crippen molar-refractivity contribution in [3.05, 3.63) is 23.2 Å². The molecule has 0 saturated carbocycles. The zero-order valence-electron chi connectivity index (χ0n) is 14.3. The Hall–Kier alpha value is -2.72. The molecule has 0 bridgehead atoms. The van der Waals surface area contributed by atoms with E-state index in [1.165, 1.54) is 0 Å². The lowest BCUT2D eigenvalue weighted by molar-refractivity contribution is -0.138. The second-order valence-electron chi connectivity index (χ2n) is 6.23. The molecule has 3 aromatic heterocycles. The molecule has 1 aliphatic rings. The van der Waals surface area contributed by atoms with Crippen LogP contribution < -0.4 is 10.2 Å². The van der Waals surface area contributed by atoms with E-state index in [1.807, 2.05) is 29.3 Å². The van der Waals surface area contributed by atoms with E-state index in [1.54, 1.807) is 11.3 Å². The van der Waals surface area contributed by atoms with Gasteiger partial charge in [0.05, 0.1) is 11.9 Å². The van der Waals surface area contributed by atoms with Crippen molar-refractivity contribution in [2.75, 3.05) is 42.9 Å². The third-order valence-electron chi connectivity index (χ3n) is 4.28. The molecule has 0 spiro atoms. The van der Waals surface area contributed by atoms with Crippen LogP contribution in [0.15, 0.2) is 17.5 Å². The summed E-state index contributed by atoms with van der Waals surface area (Å²) in [5.74, 6) is 1.30. The highest BCUT2D eigenvalue weighted by Gasteiger charge is 2.22. The molecule has 0 aliphatic carbocycles. The predicted molar refractivity (Wildman–Crippen MR) is 100 cm³/mol. The van der Waals surface area contributed by atoms with Crippen molar-refractivity contribution in [1.82, 2.24) is 25.1 Å². The molecular weight excluding hydrogens is 354 g/mol. The van der Waals surface area contributed by atoms with E-state index in [4.69, 9.17) is 10.1 Å². The highest BCUT2D eigenvalue weighted by atomic mass is 32.1. The average molecular weight is 373 g/mol. The fraction of sp³-hybridized carbons (Fsp3) is 0.375. The monoisotopic (exact) mass is 373 g/mol. The minimum atomic E-state index is -0.796. The Morgan fingerprint density at radius 1 is 1.35 bits per heavy atom. The number of fused-ring (bicyclic) bond motifs is 1. The van der Waals surface area contributed by atoms with Crippen LogP contribution in [0.1, 0.15) is 5.69 Å². The molecule has 0 radical (unpaired) electrons. The number of rotatable bonds is 5. The summed E-state index contributed by atoms with van der Waals surface area (Å²) in [4.78, 5) is 25.2. The van der Waals surface area contributed by atoms with Crippen molar-refractivity contribution in [3.8, 4) is 0 Å². The molecule has 9 nitrogen and oxygen atoms in total. The number of piperazine rings is 1. The van der Waals surface area contributed by atoms with E-state index in [9.17, 15) is 4.79 Å². The summed E-state index contributed by atoms with van der Waals surface area (Å²) in [6.07, 6.45) is 0. The summed E-state index contributed by atoms with van der Waals surface area (Å²) in [5.41, 5.74) is 0.970. The van der Waals surface area contributed by atoms with E-state index in [2.05, 4.69) is 25.4 Å². The van der Waals surface area contributed by atoms with Crippen molar-refractivity contribution < 1.29 is 9.90 Å². The Morgan fingerprint density at radius 3 is 2.85 bits per heavy atom. The van der Waals surface area contributed by atoms with Gasteiger partial charge in [0.25, 0.3) is 0 Å². The molecule has 136 valence electrons. The Kier molecular flexibility index (Phi) is 4.43. The molecule has 3 N–H and O–H groups in total. The van der Waals surface area contributed by atoms with E-state index in [0.717, 1.165) is 21.7 Å². The standard InChI is InChI=1S/C16H19N7O2S/c1-10-8-12(21-20-10)17-14-11-2-7-26-15(11)19-16(18-14)23-5-3-22(4-6-23)9-13(24)25/h2,7-8H,3-6,9H2,1H3,(H,24,25)(H2,17,18,19,20,21). The maximum atomic E-state index is 10.9. The van der Waals surface area contributed by atoms with Gasteiger partial charge in [-0.2, -0.15) is 10.1 Å². The first kappa shape index (κ1) is 16.7. The zero-order valence-corrected chi connectivity index (χ0v) is 15.1. The molecule has 4 heterocycles. The van der Waals surface area contributed by atoms with Crippen LogP contribution in [-0.2, 0) is 4.79 Å². The molecule has 0 amide bonds. The van der Waals surface area contributed by atoms with Crippen LogP contribution in [0.3, 0.4) is 0 Å². The number of hydrogen-bond acceptors (Lipinski definition) is 8. The van der Waals surface area contributed by atoms with Crippen molar-refractivity contribution in [2.24, 2.45) is 0 Å². The van der Waals surface area contributed by atoms with Crippen molar-refractivity contribution >= 4 is 45.1 Å². The molecule has 10 heteroatoms. The highest BCUT2D eigenvalue weighted by Crippen LogP contribution is 2.29. The van der Waals surface area contributed by atoms with E-state index in [0.29, 0.717) is 37.9 Å². The number of carboxylic acids is 1. The second-order valence-corrected chi connectivity index (χ2v) is 7.12. The Morgan fingerprint density at radius 2 is 2.15 bits per heavy atom. The van der Waals surface area contributed by atoms with E-state index >= 15 is 0 Å². The minimum Gasteiger partial charge on any atom is -0.480 e. The Balaban J connectivity index is 1.57. The number of nitrogens with zero attached hydrogens (tertiary/aromatic N) is 5. The van der Waals surface area contributed by atoms with E-state index in [-0.39, 0.29) is 6.54 Å². The number of nitrogens with one attached hydrogen (secondary N) is 2. The van der Waals surface area contributed by atoms with Crippen LogP contribution in [0, 0.1) is 6.92 Å². The predicted octanol–water partition coefficient (Wildman–Crippen LogP) is 1.67. The molecule has 1 saturated heterocycles. The normalized spacial score (nSPS) is 15.5. The first-order chi connectivity index (χ1) is 12.6. The number of aromatic amines is 1. The van der Waals surface area contributed by atoms with Gasteiger partial charge in [0, 0.05) is 37.9 Å². The molecule has 3 aromatic rings. The zero-order chi connectivity index (χ0) is 18.1. The van der Waals surface area contributed by atoms with Gasteiger partial charge in [-0.15, -0.1) is 11.3 Å². The molecule has 1 fully saturated rings. The largest absolute Gasteiger partial charge is 0.480 e. The summed E-state index contributed by atoms with van der Waals surface area (Å²) in [5, 5.41) is 22.3. The summed E-state index contributed by atoms with van der Waals surface area (Å²) < 4.78 is 0. The highest BCUT2D eigenvalue weighted by molar-refractivity contribution is 7.16. The van der Waals surface area contributed by atoms with Crippen LogP contribution in [0.4, 0.5) is 17.6 Å². The summed E-state index contributed by atoms with van der Waals surface area (Å²) in [7, 11) is 0. The second kappa shape index (κ2) is 6.89. The smallest absolute Gasteiger partial charge is 0.317 e. The quantitative estimate of drug-likeness (QED) is 0.619. The van der Waals surface area contributed by atoms with Gasteiger partial charge in [-0.05, 0) is 18.4 Å². The van der Waals surface area contributed by atoms with Gasteiger partial charge < -0.3 is 15.3 Å². The van der Waals surface area contributed by atoms with Crippen molar-refractivity contribution in [1.29, 1.82) is 0 Å². The number of thiophene rings is 1. The number of H-pyrrole nitrogens is 1. The number of aromatic nitrogens is 4. The summed E-state index contributed by atoms with van der Waals surface area (Å²) in [6, 6.07) is 3.92. The average Bonchev–Trinajstić information content (AvgIpc) is 3.24. The first-order valence-corrected chi connectivity index (χ1v) is 9.20. The van der Waals surface area contributed by atoms with Gasteiger partial charge in [0.15, 0.2) is 5.82 Å². The minimum absolute atomic E-state index is 0.0734. The van der Waals surface area contributed by atoms with Gasteiger partial charge in [0.2, 0.25) is 5.95 Å². The molecule has 0 unspecified atom stereocenters. The molecule has 4 rings (SSSR count). The van der Waals surface area contributed by atoms with Crippen LogP contribution in [0.25, 0.3) is 10.2 Å². The van der Waals surface area contributed by atoms with Gasteiger partial charge in [-0.3, -0.25) is 14.8 Å². The van der Waals surface area contributed by atoms with E-state index < -0.39 is 5.97 Å². The Labute approximate surface area is 153 Å². The molecule has 0 aromatic carbocycles. The number of carboxylic acid groups (broad SMARTS) is 1. The number of anilines is 3. The fourth-order valence-corrected chi connectivity index (χ4v) is 3.74. The fourth-order valence-electron chi connectivity index (χ4n) is 2.98. The van der Waals surface area contributed by atoms with Crippen LogP contribution in [-0.4, -0.2) is 68.9 Å². The lowest BCUT2D eigenvalue weighted by Gasteiger charge is -2.33. The molecule has 0 atom stereocenters. The molecular formula is C16H19N7O2S. The lowest BCUT2D eigenvalue weighted by Crippen LogP contribution is -2.48. The van der Waals surface area contributed by atoms with Crippen LogP contribution >= 0.6 is 11.3 Å². The van der Waals surface area contributed by atoms with Crippen molar-refractivity contribution in [2.45, 2.75) is 6.92 Å². The summed E-state index contributed by atoms with van der Waals surface area (Å²) in [6.45, 7) is 4.78. The SMILES string of the molecule is Cc1cc(Nc2nc(N3CCN(CC(=O)O)CC3)nc3sccc23)n[nH]1.